The van der Waals surface area contributed by atoms with Crippen molar-refractivity contribution < 1.29 is 9.53 Å². The summed E-state index contributed by atoms with van der Waals surface area (Å²) < 4.78 is 5.31. The number of hydrogen-bond donors (Lipinski definition) is 2. The van der Waals surface area contributed by atoms with Crippen molar-refractivity contribution in [2.24, 2.45) is 17.4 Å². The van der Waals surface area contributed by atoms with Gasteiger partial charge in [-0.25, -0.2) is 0 Å². The lowest BCUT2D eigenvalue weighted by Crippen LogP contribution is -2.51. The molecule has 1 fully saturated rings. The molecule has 1 aliphatic heterocycles. The van der Waals surface area contributed by atoms with E-state index in [1.54, 1.807) is 0 Å². The van der Waals surface area contributed by atoms with E-state index in [4.69, 9.17) is 16.2 Å². The molecule has 1 amide bonds. The van der Waals surface area contributed by atoms with Crippen LogP contribution < -0.4 is 11.5 Å². The number of primary amides is 1. The summed E-state index contributed by atoms with van der Waals surface area (Å²) in [6, 6.07) is 0.227. The summed E-state index contributed by atoms with van der Waals surface area (Å²) in [7, 11) is 0. The number of carbonyl (C=O) groups excluding carboxylic acids is 1. The van der Waals surface area contributed by atoms with E-state index in [0.29, 0.717) is 26.3 Å². The maximum atomic E-state index is 10.9. The van der Waals surface area contributed by atoms with Crippen LogP contribution >= 0.6 is 0 Å². The lowest BCUT2D eigenvalue weighted by molar-refractivity contribution is -0.122. The Morgan fingerprint density at radius 2 is 2.43 bits per heavy atom. The van der Waals surface area contributed by atoms with Gasteiger partial charge in [0.15, 0.2) is 0 Å². The maximum absolute atomic E-state index is 10.9. The molecule has 0 aromatic rings. The molecule has 1 heterocycles. The topological polar surface area (TPSA) is 81.6 Å². The average molecular weight is 201 g/mol. The highest BCUT2D eigenvalue weighted by Crippen LogP contribution is 2.08. The lowest BCUT2D eigenvalue weighted by Gasteiger charge is -2.35. The van der Waals surface area contributed by atoms with Crippen molar-refractivity contribution in [2.45, 2.75) is 13.0 Å². The fraction of sp³-hybridized carbons (Fsp3) is 0.889. The van der Waals surface area contributed by atoms with Gasteiger partial charge in [-0.1, -0.05) is 6.92 Å². The summed E-state index contributed by atoms with van der Waals surface area (Å²) in [5.74, 6) is -0.380. The first-order valence-corrected chi connectivity index (χ1v) is 4.96. The molecule has 2 unspecified atom stereocenters. The monoisotopic (exact) mass is 201 g/mol. The fourth-order valence-electron chi connectivity index (χ4n) is 1.59. The van der Waals surface area contributed by atoms with Crippen molar-refractivity contribution >= 4 is 5.91 Å². The van der Waals surface area contributed by atoms with Crippen LogP contribution in [0.25, 0.3) is 0 Å². The number of nitrogens with zero attached hydrogens (tertiary/aromatic N) is 1. The van der Waals surface area contributed by atoms with Crippen LogP contribution in [0.5, 0.6) is 0 Å². The molecule has 0 aliphatic carbocycles. The predicted octanol–water partition coefficient (Wildman–Crippen LogP) is -1.23. The summed E-state index contributed by atoms with van der Waals surface area (Å²) in [5.41, 5.74) is 10.8. The van der Waals surface area contributed by atoms with Crippen LogP contribution in [0.4, 0.5) is 0 Å². The van der Waals surface area contributed by atoms with Gasteiger partial charge in [-0.05, 0) is 0 Å². The molecule has 1 aliphatic rings. The lowest BCUT2D eigenvalue weighted by atomic mass is 10.1. The van der Waals surface area contributed by atoms with E-state index >= 15 is 0 Å². The summed E-state index contributed by atoms with van der Waals surface area (Å²) in [6.45, 7) is 5.28. The molecule has 0 radical (unpaired) electrons. The van der Waals surface area contributed by atoms with Crippen LogP contribution in [0.2, 0.25) is 0 Å². The van der Waals surface area contributed by atoms with E-state index in [-0.39, 0.29) is 17.9 Å². The number of carbonyl (C=O) groups is 1. The molecular formula is C9H19N3O2. The highest BCUT2D eigenvalue weighted by molar-refractivity contribution is 5.76. The van der Waals surface area contributed by atoms with Gasteiger partial charge in [-0.15, -0.1) is 0 Å². The minimum absolute atomic E-state index is 0.123. The third kappa shape index (κ3) is 2.94. The molecule has 14 heavy (non-hydrogen) atoms. The van der Waals surface area contributed by atoms with E-state index in [1.165, 1.54) is 0 Å². The van der Waals surface area contributed by atoms with E-state index in [1.807, 2.05) is 6.92 Å². The first-order valence-electron chi connectivity index (χ1n) is 4.96. The Balaban J connectivity index is 2.44. The number of morpholine rings is 1. The number of ether oxygens (including phenoxy) is 1. The molecule has 0 aromatic heterocycles. The van der Waals surface area contributed by atoms with Gasteiger partial charge in [0.2, 0.25) is 5.91 Å². The van der Waals surface area contributed by atoms with Crippen LogP contribution in [0, 0.1) is 5.92 Å². The molecule has 0 bridgehead atoms. The number of hydrogen-bond acceptors (Lipinski definition) is 4. The molecule has 2 atom stereocenters. The second-order valence-corrected chi connectivity index (χ2v) is 3.76. The van der Waals surface area contributed by atoms with Crippen molar-refractivity contribution in [3.8, 4) is 0 Å². The van der Waals surface area contributed by atoms with Gasteiger partial charge >= 0.3 is 0 Å². The Bertz CT molecular complexity index is 198. The molecule has 4 N–H and O–H groups in total. The first-order chi connectivity index (χ1) is 6.65. The smallest absolute Gasteiger partial charge is 0.221 e. The summed E-state index contributed by atoms with van der Waals surface area (Å²) in [5, 5.41) is 0. The quantitative estimate of drug-likeness (QED) is 0.596. The zero-order chi connectivity index (χ0) is 10.6. The molecule has 1 saturated heterocycles. The first kappa shape index (κ1) is 11.4. The largest absolute Gasteiger partial charge is 0.378 e. The molecule has 1 rings (SSSR count). The van der Waals surface area contributed by atoms with E-state index < -0.39 is 0 Å². The zero-order valence-electron chi connectivity index (χ0n) is 8.61. The number of amides is 1. The SMILES string of the molecule is CC(CN1CCOCC1CN)C(N)=O. The summed E-state index contributed by atoms with van der Waals surface area (Å²) in [6.07, 6.45) is 0. The summed E-state index contributed by atoms with van der Waals surface area (Å²) in [4.78, 5) is 13.1. The normalized spacial score (nSPS) is 26.0. The minimum Gasteiger partial charge on any atom is -0.378 e. The Hall–Kier alpha value is -0.650. The number of nitrogens with two attached hydrogens (primary N) is 2. The van der Waals surface area contributed by atoms with Crippen molar-refractivity contribution in [1.29, 1.82) is 0 Å². The maximum Gasteiger partial charge on any atom is 0.221 e. The van der Waals surface area contributed by atoms with Crippen LogP contribution in [0.1, 0.15) is 6.92 Å². The van der Waals surface area contributed by atoms with Crippen molar-refractivity contribution in [3.05, 3.63) is 0 Å². The molecule has 82 valence electrons. The standard InChI is InChI=1S/C9H19N3O2/c1-7(9(11)13)5-12-2-3-14-6-8(12)4-10/h7-8H,2-6,10H2,1H3,(H2,11,13). The molecule has 0 spiro atoms. The van der Waals surface area contributed by atoms with Gasteiger partial charge < -0.3 is 16.2 Å². The van der Waals surface area contributed by atoms with Gasteiger partial charge in [-0.2, -0.15) is 0 Å². The Morgan fingerprint density at radius 1 is 1.71 bits per heavy atom. The van der Waals surface area contributed by atoms with Crippen LogP contribution in [0.3, 0.4) is 0 Å². The van der Waals surface area contributed by atoms with E-state index in [2.05, 4.69) is 4.90 Å². The van der Waals surface area contributed by atoms with Crippen molar-refractivity contribution in [3.63, 3.8) is 0 Å². The zero-order valence-corrected chi connectivity index (χ0v) is 8.61. The number of rotatable bonds is 4. The highest BCUT2D eigenvalue weighted by atomic mass is 16.5. The summed E-state index contributed by atoms with van der Waals surface area (Å²) >= 11 is 0. The van der Waals surface area contributed by atoms with Crippen LogP contribution in [-0.2, 0) is 9.53 Å². The van der Waals surface area contributed by atoms with E-state index in [0.717, 1.165) is 6.54 Å². The second-order valence-electron chi connectivity index (χ2n) is 3.76. The van der Waals surface area contributed by atoms with Gasteiger partial charge in [0, 0.05) is 31.6 Å². The van der Waals surface area contributed by atoms with Gasteiger partial charge in [0.1, 0.15) is 0 Å². The van der Waals surface area contributed by atoms with Crippen LogP contribution in [-0.4, -0.2) is 49.7 Å². The minimum atomic E-state index is -0.257. The third-order valence-corrected chi connectivity index (χ3v) is 2.62. The molecule has 0 aromatic carbocycles. The fourth-order valence-corrected chi connectivity index (χ4v) is 1.59. The van der Waals surface area contributed by atoms with Crippen molar-refractivity contribution in [1.82, 2.24) is 4.90 Å². The van der Waals surface area contributed by atoms with E-state index in [9.17, 15) is 4.79 Å². The van der Waals surface area contributed by atoms with Crippen molar-refractivity contribution in [2.75, 3.05) is 32.8 Å². The molecular weight excluding hydrogens is 182 g/mol. The van der Waals surface area contributed by atoms with Gasteiger partial charge in [0.05, 0.1) is 13.2 Å². The third-order valence-electron chi connectivity index (χ3n) is 2.62. The highest BCUT2D eigenvalue weighted by Gasteiger charge is 2.24. The molecule has 5 nitrogen and oxygen atoms in total. The van der Waals surface area contributed by atoms with Gasteiger partial charge in [-0.3, -0.25) is 9.69 Å². The second kappa shape index (κ2) is 5.29. The Labute approximate surface area is 84.4 Å². The molecule has 0 saturated carbocycles. The van der Waals surface area contributed by atoms with Crippen LogP contribution in [0.15, 0.2) is 0 Å². The Kier molecular flexibility index (Phi) is 4.31. The average Bonchev–Trinajstić information content (AvgIpc) is 2.18. The predicted molar refractivity (Wildman–Crippen MR) is 53.6 cm³/mol. The van der Waals surface area contributed by atoms with Gasteiger partial charge in [0.25, 0.3) is 0 Å². The molecule has 5 heteroatoms. The Morgan fingerprint density at radius 3 is 3.00 bits per heavy atom.